The topological polar surface area (TPSA) is 0 Å². The van der Waals surface area contributed by atoms with Gasteiger partial charge in [-0.15, -0.1) is 0 Å². The van der Waals surface area contributed by atoms with Crippen LogP contribution in [0.1, 0.15) is 20.3 Å². The Morgan fingerprint density at radius 1 is 1.71 bits per heavy atom. The van der Waals surface area contributed by atoms with Crippen LogP contribution >= 0.6 is 11.6 Å². The van der Waals surface area contributed by atoms with Crippen LogP contribution in [-0.4, -0.2) is 0 Å². The Bertz CT molecular complexity index is 82.1. The zero-order valence-electron chi connectivity index (χ0n) is 4.46. The van der Waals surface area contributed by atoms with Crippen molar-refractivity contribution in [1.82, 2.24) is 0 Å². The van der Waals surface area contributed by atoms with Gasteiger partial charge >= 0.3 is 0 Å². The summed E-state index contributed by atoms with van der Waals surface area (Å²) in [6.45, 7) is 3.16. The smallest absolute Gasteiger partial charge is 0.111 e. The van der Waals surface area contributed by atoms with E-state index in [1.807, 2.05) is 6.92 Å². The third-order valence-corrected chi connectivity index (χ3v) is 1.21. The molecule has 42 valence electrons. The minimum atomic E-state index is -0.274. The molecule has 0 aliphatic heterocycles. The second-order valence-corrected chi connectivity index (χ2v) is 1.75. The maximum Gasteiger partial charge on any atom is 0.111 e. The molecule has 7 heavy (non-hydrogen) atoms. The average Bonchev–Trinajstić information content (AvgIpc) is 1.65. The Morgan fingerprint density at radius 3 is 2.14 bits per heavy atom. The van der Waals surface area contributed by atoms with Gasteiger partial charge in [-0.3, -0.25) is 0 Å². The third kappa shape index (κ3) is 2.63. The Kier molecular flexibility index (Phi) is 3.01. The van der Waals surface area contributed by atoms with E-state index in [4.69, 9.17) is 11.6 Å². The molecule has 0 unspecified atom stereocenters. The van der Waals surface area contributed by atoms with Gasteiger partial charge < -0.3 is 0 Å². The van der Waals surface area contributed by atoms with E-state index in [0.717, 1.165) is 0 Å². The molecule has 0 heterocycles. The van der Waals surface area contributed by atoms with Crippen molar-refractivity contribution >= 4 is 11.6 Å². The van der Waals surface area contributed by atoms with Crippen LogP contribution < -0.4 is 0 Å². The molecule has 0 fully saturated rings. The van der Waals surface area contributed by atoms with Crippen LogP contribution in [0.4, 0.5) is 4.39 Å². The first kappa shape index (κ1) is 6.96. The average molecular weight is 123 g/mol. The van der Waals surface area contributed by atoms with E-state index in [1.165, 1.54) is 6.92 Å². The largest absolute Gasteiger partial charge is 0.211 e. The second-order valence-electron chi connectivity index (χ2n) is 1.29. The third-order valence-electron chi connectivity index (χ3n) is 0.684. The molecule has 0 aromatic carbocycles. The first-order valence-electron chi connectivity index (χ1n) is 2.19. The van der Waals surface area contributed by atoms with Gasteiger partial charge in [-0.2, -0.15) is 0 Å². The molecule has 0 amide bonds. The van der Waals surface area contributed by atoms with Crippen LogP contribution in [0.25, 0.3) is 0 Å². The van der Waals surface area contributed by atoms with E-state index in [-0.39, 0.29) is 5.83 Å². The highest BCUT2D eigenvalue weighted by atomic mass is 35.5. The fourth-order valence-corrected chi connectivity index (χ4v) is 0.244. The zero-order chi connectivity index (χ0) is 5.86. The molecule has 2 heteroatoms. The number of hydrogen-bond donors (Lipinski definition) is 0. The maximum absolute atomic E-state index is 11.8. The molecular weight excluding hydrogens is 115 g/mol. The van der Waals surface area contributed by atoms with Gasteiger partial charge in [0.2, 0.25) is 0 Å². The van der Waals surface area contributed by atoms with Crippen molar-refractivity contribution in [2.24, 2.45) is 0 Å². The summed E-state index contributed by atoms with van der Waals surface area (Å²) >= 11 is 5.30. The van der Waals surface area contributed by atoms with Crippen LogP contribution in [0.15, 0.2) is 10.9 Å². The highest BCUT2D eigenvalue weighted by Gasteiger charge is 1.90. The molecule has 0 saturated heterocycles. The molecule has 0 radical (unpaired) electrons. The normalized spacial score (nSPS) is 13.7. The van der Waals surface area contributed by atoms with Gasteiger partial charge in [-0.1, -0.05) is 18.5 Å². The Labute approximate surface area is 48.0 Å². The Hall–Kier alpha value is -0.0400. The van der Waals surface area contributed by atoms with Crippen molar-refractivity contribution in [3.8, 4) is 0 Å². The maximum atomic E-state index is 11.8. The molecule has 0 nitrogen and oxygen atoms in total. The van der Waals surface area contributed by atoms with Crippen LogP contribution in [0, 0.1) is 0 Å². The predicted molar refractivity (Wildman–Crippen MR) is 30.0 cm³/mol. The van der Waals surface area contributed by atoms with Gasteiger partial charge in [0.1, 0.15) is 5.83 Å². The quantitative estimate of drug-likeness (QED) is 0.502. The van der Waals surface area contributed by atoms with Crippen LogP contribution in [0.3, 0.4) is 0 Å². The molecule has 0 bridgehead atoms. The van der Waals surface area contributed by atoms with Crippen molar-refractivity contribution < 1.29 is 4.39 Å². The van der Waals surface area contributed by atoms with Gasteiger partial charge in [-0.25, -0.2) is 4.39 Å². The standard InChI is InChI=1S/C5H8ClF/c1-3-5(6)4(2)7/h3H2,1-2H3. The summed E-state index contributed by atoms with van der Waals surface area (Å²) in [6.07, 6.45) is 0.587. The summed E-state index contributed by atoms with van der Waals surface area (Å²) < 4.78 is 11.8. The van der Waals surface area contributed by atoms with Gasteiger partial charge in [0.25, 0.3) is 0 Å². The number of allylic oxidation sites excluding steroid dienone is 2. The van der Waals surface area contributed by atoms with Crippen LogP contribution in [-0.2, 0) is 0 Å². The lowest BCUT2D eigenvalue weighted by molar-refractivity contribution is 0.631. The molecule has 0 rings (SSSR count). The van der Waals surface area contributed by atoms with E-state index in [0.29, 0.717) is 11.5 Å². The minimum Gasteiger partial charge on any atom is -0.211 e. The van der Waals surface area contributed by atoms with Gasteiger partial charge in [0, 0.05) is 5.03 Å². The first-order valence-corrected chi connectivity index (χ1v) is 2.57. The molecule has 0 aromatic rings. The summed E-state index contributed by atoms with van der Waals surface area (Å²) in [5.41, 5.74) is 0. The van der Waals surface area contributed by atoms with Crippen molar-refractivity contribution in [2.45, 2.75) is 20.3 Å². The van der Waals surface area contributed by atoms with E-state index < -0.39 is 0 Å². The molecule has 0 spiro atoms. The molecule has 0 aliphatic rings. The number of halogens is 2. The molecular formula is C5H8ClF. The molecule has 0 aromatic heterocycles. The molecule has 0 aliphatic carbocycles. The van der Waals surface area contributed by atoms with Crippen molar-refractivity contribution in [1.29, 1.82) is 0 Å². The van der Waals surface area contributed by atoms with Crippen molar-refractivity contribution in [2.75, 3.05) is 0 Å². The summed E-state index contributed by atoms with van der Waals surface area (Å²) in [7, 11) is 0. The Balaban J connectivity index is 3.72. The lowest BCUT2D eigenvalue weighted by Crippen LogP contribution is -1.67. The summed E-state index contributed by atoms with van der Waals surface area (Å²) in [5.74, 6) is -0.274. The van der Waals surface area contributed by atoms with E-state index >= 15 is 0 Å². The zero-order valence-corrected chi connectivity index (χ0v) is 5.22. The highest BCUT2D eigenvalue weighted by Crippen LogP contribution is 2.12. The van der Waals surface area contributed by atoms with E-state index in [9.17, 15) is 4.39 Å². The van der Waals surface area contributed by atoms with E-state index in [2.05, 4.69) is 0 Å². The molecule has 0 N–H and O–H groups in total. The predicted octanol–water partition coefficient (Wildman–Crippen LogP) is 2.84. The highest BCUT2D eigenvalue weighted by molar-refractivity contribution is 6.29. The van der Waals surface area contributed by atoms with Crippen molar-refractivity contribution in [3.05, 3.63) is 10.9 Å². The first-order chi connectivity index (χ1) is 3.18. The summed E-state index contributed by atoms with van der Waals surface area (Å²) in [4.78, 5) is 0. The fraction of sp³-hybridized carbons (Fsp3) is 0.600. The molecule has 0 atom stereocenters. The number of hydrogen-bond acceptors (Lipinski definition) is 0. The SMILES string of the molecule is CCC(Cl)=C(C)F. The summed E-state index contributed by atoms with van der Waals surface area (Å²) in [5, 5.41) is 0.319. The second kappa shape index (κ2) is 3.03. The monoisotopic (exact) mass is 122 g/mol. The molecule has 0 saturated carbocycles. The van der Waals surface area contributed by atoms with Crippen molar-refractivity contribution in [3.63, 3.8) is 0 Å². The minimum absolute atomic E-state index is 0.274. The van der Waals surface area contributed by atoms with Crippen LogP contribution in [0.2, 0.25) is 0 Å². The number of rotatable bonds is 1. The van der Waals surface area contributed by atoms with Gasteiger partial charge in [0.05, 0.1) is 0 Å². The van der Waals surface area contributed by atoms with Gasteiger partial charge in [0.15, 0.2) is 0 Å². The van der Waals surface area contributed by atoms with Crippen LogP contribution in [0.5, 0.6) is 0 Å². The lowest BCUT2D eigenvalue weighted by Gasteiger charge is -1.87. The fourth-order valence-electron chi connectivity index (χ4n) is 0.244. The van der Waals surface area contributed by atoms with Gasteiger partial charge in [-0.05, 0) is 13.3 Å². The summed E-state index contributed by atoms with van der Waals surface area (Å²) in [6, 6.07) is 0. The Morgan fingerprint density at radius 2 is 2.14 bits per heavy atom. The van der Waals surface area contributed by atoms with E-state index in [1.54, 1.807) is 0 Å². The lowest BCUT2D eigenvalue weighted by atomic mass is 10.4.